The molecule has 106 valence electrons. The Labute approximate surface area is 125 Å². The van der Waals surface area contributed by atoms with Gasteiger partial charge in [-0.25, -0.2) is 0 Å². The number of carbonyl (C=O) groups excluding carboxylic acids is 2. The van der Waals surface area contributed by atoms with Crippen molar-refractivity contribution in [3.05, 3.63) is 29.8 Å². The number of anilines is 1. The molecule has 7 heteroatoms. The lowest BCUT2D eigenvalue weighted by atomic mass is 9.85. The minimum absolute atomic E-state index is 0.250. The first-order valence-electron chi connectivity index (χ1n) is 6.56. The average Bonchev–Trinajstić information content (AvgIpc) is 2.94. The monoisotopic (exact) mass is 291 g/mol. The highest BCUT2D eigenvalue weighted by molar-refractivity contribution is 6.30. The Hall–Kier alpha value is -3.19. The van der Waals surface area contributed by atoms with E-state index in [1.54, 1.807) is 31.3 Å². The molecule has 0 aromatic heterocycles. The molecule has 1 aromatic carbocycles. The van der Waals surface area contributed by atoms with Crippen LogP contribution in [-0.4, -0.2) is 24.7 Å². The van der Waals surface area contributed by atoms with Gasteiger partial charge in [0.25, 0.3) is 5.91 Å². The molecule has 4 rings (SSSR count). The van der Waals surface area contributed by atoms with Gasteiger partial charge < -0.3 is 10.6 Å². The molecule has 7 nitrogen and oxygen atoms in total. The second-order valence-corrected chi connectivity index (χ2v) is 5.66. The number of hydrogen-bond acceptors (Lipinski definition) is 5. The van der Waals surface area contributed by atoms with E-state index in [1.165, 1.54) is 4.90 Å². The van der Waals surface area contributed by atoms with Crippen molar-refractivity contribution in [2.75, 3.05) is 11.9 Å². The number of fused-ring (bicyclic) bond motifs is 5. The Morgan fingerprint density at radius 2 is 1.82 bits per heavy atom. The molecule has 1 fully saturated rings. The summed E-state index contributed by atoms with van der Waals surface area (Å²) in [5, 5.41) is 19.4. The normalized spacial score (nSPS) is 37.4. The predicted molar refractivity (Wildman–Crippen MR) is 74.3 cm³/mol. The maximum atomic E-state index is 12.9. The number of amides is 2. The van der Waals surface area contributed by atoms with Crippen LogP contribution in [0.15, 0.2) is 29.3 Å². The lowest BCUT2D eigenvalue weighted by Gasteiger charge is -2.15. The summed E-state index contributed by atoms with van der Waals surface area (Å²) < 4.78 is 0. The number of rotatable bonds is 0. The van der Waals surface area contributed by atoms with Gasteiger partial charge in [0.15, 0.2) is 10.8 Å². The molecular formula is C15H9N5O2. The quantitative estimate of drug-likeness (QED) is 0.710. The summed E-state index contributed by atoms with van der Waals surface area (Å²) in [6.07, 6.45) is 0. The molecule has 0 bridgehead atoms. The van der Waals surface area contributed by atoms with E-state index in [1.807, 2.05) is 12.1 Å². The van der Waals surface area contributed by atoms with Gasteiger partial charge >= 0.3 is 0 Å². The number of para-hydroxylation sites is 1. The highest BCUT2D eigenvalue weighted by Crippen LogP contribution is 2.83. The number of nitrogens with two attached hydrogens (primary N) is 1. The number of nitriles is 2. The molecule has 1 aliphatic carbocycles. The molecule has 1 saturated carbocycles. The van der Waals surface area contributed by atoms with Gasteiger partial charge in [-0.2, -0.15) is 15.5 Å². The zero-order valence-electron chi connectivity index (χ0n) is 11.5. The molecule has 3 aliphatic rings. The summed E-state index contributed by atoms with van der Waals surface area (Å²) in [4.78, 5) is 30.3. The molecule has 2 N–H and O–H groups in total. The molecule has 0 unspecified atom stereocenters. The van der Waals surface area contributed by atoms with Crippen molar-refractivity contribution in [3.63, 3.8) is 0 Å². The van der Waals surface area contributed by atoms with Crippen LogP contribution in [0, 0.1) is 33.5 Å². The van der Waals surface area contributed by atoms with Gasteiger partial charge in [0, 0.05) is 12.7 Å². The summed E-state index contributed by atoms with van der Waals surface area (Å²) in [6.45, 7) is 0. The van der Waals surface area contributed by atoms with Crippen molar-refractivity contribution in [1.82, 2.24) is 0 Å². The van der Waals surface area contributed by atoms with Crippen LogP contribution in [-0.2, 0) is 15.0 Å². The molecule has 2 aliphatic heterocycles. The summed E-state index contributed by atoms with van der Waals surface area (Å²) in [5.74, 6) is -1.53. The standard InChI is InChI=1S/C15H9N5O2/c1-20-9-5-3-2-4-8(9)15(12(20)22)13(6-16)10(18)19-11(21)14(13,15)7-17/h2-5H,1H3,(H2,18,19,21)/t13-,14+,15+/m0/s1. The lowest BCUT2D eigenvalue weighted by molar-refractivity contribution is -0.126. The topological polar surface area (TPSA) is 123 Å². The zero-order valence-corrected chi connectivity index (χ0v) is 11.5. The SMILES string of the molecule is CN1C(=O)[C@]2(c3ccccc31)[C@@]1(C#N)C(N)=NC(=O)[C@]12C#N. The first-order chi connectivity index (χ1) is 10.5. The van der Waals surface area contributed by atoms with Gasteiger partial charge in [0.1, 0.15) is 11.3 Å². The summed E-state index contributed by atoms with van der Waals surface area (Å²) in [7, 11) is 1.55. The van der Waals surface area contributed by atoms with Crippen LogP contribution in [0.3, 0.4) is 0 Å². The highest BCUT2D eigenvalue weighted by atomic mass is 16.2. The predicted octanol–water partition coefficient (Wildman–Crippen LogP) is -0.168. The maximum Gasteiger partial charge on any atom is 0.271 e. The lowest BCUT2D eigenvalue weighted by Crippen LogP contribution is -2.39. The minimum atomic E-state index is -1.86. The molecule has 0 saturated heterocycles. The van der Waals surface area contributed by atoms with Gasteiger partial charge in [-0.3, -0.25) is 9.59 Å². The molecular weight excluding hydrogens is 282 g/mol. The third-order valence-corrected chi connectivity index (χ3v) is 5.18. The highest BCUT2D eigenvalue weighted by Gasteiger charge is 3.02. The van der Waals surface area contributed by atoms with Crippen LogP contribution in [0.4, 0.5) is 5.69 Å². The fraction of sp³-hybridized carbons (Fsp3) is 0.267. The molecule has 1 aromatic rings. The minimum Gasteiger partial charge on any atom is -0.386 e. The Bertz CT molecular complexity index is 907. The van der Waals surface area contributed by atoms with E-state index < -0.39 is 28.1 Å². The van der Waals surface area contributed by atoms with E-state index in [4.69, 9.17) is 5.73 Å². The summed E-state index contributed by atoms with van der Waals surface area (Å²) in [5.41, 5.74) is 1.71. The van der Waals surface area contributed by atoms with E-state index in [-0.39, 0.29) is 5.84 Å². The van der Waals surface area contributed by atoms with Gasteiger partial charge in [-0.15, -0.1) is 0 Å². The number of benzene rings is 1. The van der Waals surface area contributed by atoms with E-state index in [0.29, 0.717) is 11.3 Å². The second kappa shape index (κ2) is 3.18. The van der Waals surface area contributed by atoms with Crippen LogP contribution in [0.1, 0.15) is 5.56 Å². The van der Waals surface area contributed by atoms with E-state index >= 15 is 0 Å². The van der Waals surface area contributed by atoms with Crippen molar-refractivity contribution in [2.24, 2.45) is 21.6 Å². The Kier molecular flexibility index (Phi) is 1.81. The van der Waals surface area contributed by atoms with Crippen LogP contribution >= 0.6 is 0 Å². The Morgan fingerprint density at radius 1 is 1.18 bits per heavy atom. The summed E-state index contributed by atoms with van der Waals surface area (Å²) >= 11 is 0. The third-order valence-electron chi connectivity index (χ3n) is 5.18. The molecule has 0 radical (unpaired) electrons. The average molecular weight is 291 g/mol. The molecule has 2 amide bonds. The van der Waals surface area contributed by atoms with Gasteiger partial charge in [-0.1, -0.05) is 18.2 Å². The van der Waals surface area contributed by atoms with E-state index in [9.17, 15) is 20.1 Å². The van der Waals surface area contributed by atoms with Crippen LogP contribution in [0.2, 0.25) is 0 Å². The largest absolute Gasteiger partial charge is 0.386 e. The Morgan fingerprint density at radius 3 is 2.41 bits per heavy atom. The van der Waals surface area contributed by atoms with Crippen LogP contribution < -0.4 is 10.6 Å². The third kappa shape index (κ3) is 0.751. The number of amidine groups is 1. The summed E-state index contributed by atoms with van der Waals surface area (Å²) in [6, 6.07) is 10.7. The fourth-order valence-electron chi connectivity index (χ4n) is 4.27. The van der Waals surface area contributed by atoms with Crippen molar-refractivity contribution in [3.8, 4) is 12.1 Å². The molecule has 1 spiro atoms. The van der Waals surface area contributed by atoms with Gasteiger partial charge in [0.05, 0.1) is 12.1 Å². The second-order valence-electron chi connectivity index (χ2n) is 5.66. The number of nitrogens with zero attached hydrogens (tertiary/aromatic N) is 4. The van der Waals surface area contributed by atoms with Crippen LogP contribution in [0.25, 0.3) is 0 Å². The Balaban J connectivity index is 2.17. The maximum absolute atomic E-state index is 12.9. The smallest absolute Gasteiger partial charge is 0.271 e. The van der Waals surface area contributed by atoms with Crippen LogP contribution in [0.5, 0.6) is 0 Å². The zero-order chi connectivity index (χ0) is 15.9. The van der Waals surface area contributed by atoms with Gasteiger partial charge in [0.2, 0.25) is 5.91 Å². The van der Waals surface area contributed by atoms with E-state index in [0.717, 1.165) is 0 Å². The van der Waals surface area contributed by atoms with E-state index in [2.05, 4.69) is 4.99 Å². The molecule has 3 atom stereocenters. The first-order valence-corrected chi connectivity index (χ1v) is 6.56. The van der Waals surface area contributed by atoms with Crippen molar-refractivity contribution >= 4 is 23.3 Å². The first kappa shape index (κ1) is 12.5. The van der Waals surface area contributed by atoms with Crippen molar-refractivity contribution in [2.45, 2.75) is 5.41 Å². The number of aliphatic imine (C=N–C) groups is 1. The van der Waals surface area contributed by atoms with Gasteiger partial charge in [-0.05, 0) is 11.6 Å². The molecule has 2 heterocycles. The number of likely N-dealkylation sites (N-methyl/N-ethyl adjacent to an activating group) is 1. The number of hydrogen-bond donors (Lipinski definition) is 1. The number of carbonyl (C=O) groups is 2. The van der Waals surface area contributed by atoms with Crippen molar-refractivity contribution in [1.29, 1.82) is 10.5 Å². The molecule has 22 heavy (non-hydrogen) atoms. The fourth-order valence-corrected chi connectivity index (χ4v) is 4.27. The van der Waals surface area contributed by atoms with Crippen molar-refractivity contribution < 1.29 is 9.59 Å².